The zero-order valence-electron chi connectivity index (χ0n) is 20.7. The summed E-state index contributed by atoms with van der Waals surface area (Å²) in [7, 11) is 0. The van der Waals surface area contributed by atoms with Crippen LogP contribution in [0.1, 0.15) is 48.8 Å². The van der Waals surface area contributed by atoms with Gasteiger partial charge in [0.05, 0.1) is 0 Å². The van der Waals surface area contributed by atoms with Gasteiger partial charge in [-0.15, -0.1) is 0 Å². The first-order valence-electron chi connectivity index (χ1n) is 12.7. The average molecular weight is 487 g/mol. The Morgan fingerprint density at radius 2 is 1.65 bits per heavy atom. The van der Waals surface area contributed by atoms with E-state index in [1.54, 1.807) is 0 Å². The number of likely N-dealkylation sites (tertiary alicyclic amines) is 2. The Labute approximate surface area is 209 Å². The van der Waals surface area contributed by atoms with Gasteiger partial charge in [-0.2, -0.15) is 0 Å². The van der Waals surface area contributed by atoms with Crippen LogP contribution in [0.15, 0.2) is 36.4 Å². The highest BCUT2D eigenvalue weighted by atomic mass is 35.5. The van der Waals surface area contributed by atoms with Crippen LogP contribution in [0.5, 0.6) is 11.5 Å². The van der Waals surface area contributed by atoms with Crippen molar-refractivity contribution in [2.75, 3.05) is 45.9 Å². The van der Waals surface area contributed by atoms with Crippen molar-refractivity contribution >= 4 is 11.6 Å². The monoisotopic (exact) mass is 486 g/mol. The number of ether oxygens (including phenoxy) is 2. The largest absolute Gasteiger partial charge is 0.492 e. The summed E-state index contributed by atoms with van der Waals surface area (Å²) in [5, 5.41) is 12.0. The number of halogens is 1. The first-order chi connectivity index (χ1) is 16.4. The summed E-state index contributed by atoms with van der Waals surface area (Å²) in [5.74, 6) is 1.69. The Morgan fingerprint density at radius 1 is 0.912 bits per heavy atom. The van der Waals surface area contributed by atoms with Crippen LogP contribution < -0.4 is 9.47 Å². The number of nitrogens with zero attached hydrogens (tertiary/aromatic N) is 2. The normalized spacial score (nSPS) is 22.0. The van der Waals surface area contributed by atoms with E-state index in [0.717, 1.165) is 66.7 Å². The molecule has 5 nitrogen and oxygen atoms in total. The summed E-state index contributed by atoms with van der Waals surface area (Å²) in [5.41, 5.74) is 2.34. The maximum absolute atomic E-state index is 11.2. The molecule has 1 unspecified atom stereocenters. The molecule has 2 aromatic carbocycles. The van der Waals surface area contributed by atoms with Crippen LogP contribution in [-0.2, 0) is 6.54 Å². The second-order valence-electron chi connectivity index (χ2n) is 10.1. The lowest BCUT2D eigenvalue weighted by atomic mass is 9.93. The highest BCUT2D eigenvalue weighted by Crippen LogP contribution is 2.28. The van der Waals surface area contributed by atoms with E-state index in [9.17, 15) is 5.11 Å². The molecule has 34 heavy (non-hydrogen) atoms. The van der Waals surface area contributed by atoms with Crippen LogP contribution in [0.25, 0.3) is 0 Å². The van der Waals surface area contributed by atoms with E-state index in [2.05, 4.69) is 28.0 Å². The van der Waals surface area contributed by atoms with Gasteiger partial charge in [0.25, 0.3) is 0 Å². The van der Waals surface area contributed by atoms with E-state index in [0.29, 0.717) is 6.54 Å². The van der Waals surface area contributed by atoms with Crippen molar-refractivity contribution in [3.63, 3.8) is 0 Å². The van der Waals surface area contributed by atoms with Crippen molar-refractivity contribution in [1.29, 1.82) is 0 Å². The fraction of sp³-hybridized carbons (Fsp3) is 0.571. The Kier molecular flexibility index (Phi) is 8.75. The zero-order valence-corrected chi connectivity index (χ0v) is 21.4. The summed E-state index contributed by atoms with van der Waals surface area (Å²) < 4.78 is 12.1. The number of aliphatic hydroxyl groups is 1. The molecule has 4 rings (SSSR count). The average Bonchev–Trinajstić information content (AvgIpc) is 2.82. The molecule has 2 heterocycles. The summed E-state index contributed by atoms with van der Waals surface area (Å²) in [4.78, 5) is 4.81. The standard InChI is InChI=1S/C28H39ClN2O3/c1-22-16-26(17-23(2)27(22)29)34-21-28(32)10-7-13-31(20-28)19-24-8-6-9-25(18-24)33-15-14-30-11-4-3-5-12-30/h6,8-9,16-18,32H,3-5,7,10-15,19-21H2,1-2H3. The molecule has 2 aromatic rings. The van der Waals surface area contributed by atoms with Crippen LogP contribution in [0.4, 0.5) is 0 Å². The minimum absolute atomic E-state index is 0.281. The lowest BCUT2D eigenvalue weighted by Gasteiger charge is -2.39. The molecule has 0 aromatic heterocycles. The molecule has 2 saturated heterocycles. The molecule has 0 saturated carbocycles. The topological polar surface area (TPSA) is 45.2 Å². The molecule has 0 aliphatic carbocycles. The third kappa shape index (κ3) is 7.11. The molecule has 1 N–H and O–H groups in total. The van der Waals surface area contributed by atoms with Gasteiger partial charge in [-0.05, 0) is 100 Å². The minimum Gasteiger partial charge on any atom is -0.492 e. The first kappa shape index (κ1) is 25.3. The maximum atomic E-state index is 11.2. The molecule has 2 aliphatic rings. The molecule has 0 bridgehead atoms. The van der Waals surface area contributed by atoms with E-state index in [1.165, 1.54) is 37.9 Å². The van der Waals surface area contributed by atoms with Gasteiger partial charge < -0.3 is 14.6 Å². The number of hydrogen-bond acceptors (Lipinski definition) is 5. The van der Waals surface area contributed by atoms with Crippen LogP contribution in [0.3, 0.4) is 0 Å². The van der Waals surface area contributed by atoms with Crippen molar-refractivity contribution in [2.45, 2.75) is 58.1 Å². The van der Waals surface area contributed by atoms with Gasteiger partial charge >= 0.3 is 0 Å². The fourth-order valence-corrected chi connectivity index (χ4v) is 5.24. The van der Waals surface area contributed by atoms with E-state index >= 15 is 0 Å². The highest BCUT2D eigenvalue weighted by molar-refractivity contribution is 6.32. The molecule has 0 radical (unpaired) electrons. The van der Waals surface area contributed by atoms with Gasteiger partial charge in [0.1, 0.15) is 30.3 Å². The predicted molar refractivity (Wildman–Crippen MR) is 138 cm³/mol. The Bertz CT molecular complexity index is 924. The van der Waals surface area contributed by atoms with Crippen LogP contribution in [0.2, 0.25) is 5.02 Å². The number of hydrogen-bond donors (Lipinski definition) is 1. The molecule has 2 aliphatic heterocycles. The third-order valence-electron chi connectivity index (χ3n) is 6.98. The second-order valence-corrected chi connectivity index (χ2v) is 10.5. The minimum atomic E-state index is -0.859. The number of β-amino-alcohol motifs (C(OH)–C–C–N with tert-alkyl or cyclic N) is 1. The van der Waals surface area contributed by atoms with Gasteiger partial charge in [-0.3, -0.25) is 9.80 Å². The number of rotatable bonds is 9. The van der Waals surface area contributed by atoms with Crippen molar-refractivity contribution in [2.24, 2.45) is 0 Å². The van der Waals surface area contributed by atoms with Crippen molar-refractivity contribution in [3.8, 4) is 11.5 Å². The van der Waals surface area contributed by atoms with Gasteiger partial charge in [0.15, 0.2) is 0 Å². The Hall–Kier alpha value is -1.79. The van der Waals surface area contributed by atoms with Crippen molar-refractivity contribution < 1.29 is 14.6 Å². The number of aryl methyl sites for hydroxylation is 2. The zero-order chi connectivity index (χ0) is 24.0. The van der Waals surface area contributed by atoms with Gasteiger partial charge in [0, 0.05) is 24.7 Å². The fourth-order valence-electron chi connectivity index (χ4n) is 5.13. The summed E-state index contributed by atoms with van der Waals surface area (Å²) in [6.45, 7) is 10.7. The molecule has 0 amide bonds. The smallest absolute Gasteiger partial charge is 0.120 e. The summed E-state index contributed by atoms with van der Waals surface area (Å²) in [6, 6.07) is 12.3. The predicted octanol–water partition coefficient (Wildman–Crippen LogP) is 5.23. The third-order valence-corrected chi connectivity index (χ3v) is 7.58. The molecule has 1 atom stereocenters. The lowest BCUT2D eigenvalue weighted by molar-refractivity contribution is -0.0621. The van der Waals surface area contributed by atoms with Crippen LogP contribution >= 0.6 is 11.6 Å². The summed E-state index contributed by atoms with van der Waals surface area (Å²) >= 11 is 6.27. The van der Waals surface area contributed by atoms with Gasteiger partial charge in [0.2, 0.25) is 0 Å². The quantitative estimate of drug-likeness (QED) is 0.526. The number of benzene rings is 2. The van der Waals surface area contributed by atoms with Crippen LogP contribution in [-0.4, -0.2) is 66.4 Å². The number of piperidine rings is 2. The van der Waals surface area contributed by atoms with E-state index in [-0.39, 0.29) is 6.61 Å². The van der Waals surface area contributed by atoms with Crippen LogP contribution in [0, 0.1) is 13.8 Å². The van der Waals surface area contributed by atoms with Gasteiger partial charge in [-0.25, -0.2) is 0 Å². The first-order valence-corrected chi connectivity index (χ1v) is 13.1. The van der Waals surface area contributed by atoms with Crippen molar-refractivity contribution in [1.82, 2.24) is 9.80 Å². The molecule has 6 heteroatoms. The van der Waals surface area contributed by atoms with E-state index < -0.39 is 5.60 Å². The molecular formula is C28H39ClN2O3. The maximum Gasteiger partial charge on any atom is 0.120 e. The van der Waals surface area contributed by atoms with E-state index in [1.807, 2.05) is 32.0 Å². The van der Waals surface area contributed by atoms with E-state index in [4.69, 9.17) is 21.1 Å². The second kappa shape index (κ2) is 11.8. The lowest BCUT2D eigenvalue weighted by Crippen LogP contribution is -2.51. The Balaban J connectivity index is 1.28. The SMILES string of the molecule is Cc1cc(OCC2(O)CCCN(Cc3cccc(OCCN4CCCCC4)c3)C2)cc(C)c1Cl. The molecular weight excluding hydrogens is 448 g/mol. The molecule has 2 fully saturated rings. The highest BCUT2D eigenvalue weighted by Gasteiger charge is 2.34. The molecule has 0 spiro atoms. The van der Waals surface area contributed by atoms with Crippen molar-refractivity contribution in [3.05, 3.63) is 58.1 Å². The summed E-state index contributed by atoms with van der Waals surface area (Å²) in [6.07, 6.45) is 5.67. The Morgan fingerprint density at radius 3 is 2.41 bits per heavy atom. The molecule has 186 valence electrons. The van der Waals surface area contributed by atoms with Gasteiger partial charge in [-0.1, -0.05) is 30.2 Å².